The Labute approximate surface area is 88.9 Å². The molecule has 0 unspecified atom stereocenters. The molecule has 88 valence electrons. The highest BCUT2D eigenvalue weighted by Gasteiger charge is 2.17. The van der Waals surface area contributed by atoms with Gasteiger partial charge in [0.15, 0.2) is 0 Å². The van der Waals surface area contributed by atoms with Crippen molar-refractivity contribution in [3.05, 3.63) is 0 Å². The normalized spacial score (nSPS) is 16.7. The van der Waals surface area contributed by atoms with Gasteiger partial charge in [0.05, 0.1) is 0 Å². The Morgan fingerprint density at radius 3 is 2.00 bits per heavy atom. The summed E-state index contributed by atoms with van der Waals surface area (Å²) >= 11 is 0. The minimum Gasteiger partial charge on any atom is -0.480 e. The largest absolute Gasteiger partial charge is 0.480 e. The third-order valence-electron chi connectivity index (χ3n) is 1.66. The number of hydrogen-bond acceptors (Lipinski definition) is 5. The molecule has 0 fully saturated rings. The molecule has 6 N–H and O–H groups in total. The Hall–Kier alpha value is -0.990. The summed E-state index contributed by atoms with van der Waals surface area (Å²) in [5, 5.41) is 16.8. The number of hydrogen-bond donors (Lipinski definition) is 4. The summed E-state index contributed by atoms with van der Waals surface area (Å²) in [5.74, 6) is -2.56. The van der Waals surface area contributed by atoms with Gasteiger partial charge in [-0.1, -0.05) is 0 Å². The maximum atomic E-state index is 11.2. The highest BCUT2D eigenvalue weighted by atomic mass is 32.2. The van der Waals surface area contributed by atoms with Crippen LogP contribution in [-0.4, -0.2) is 49.9 Å². The fourth-order valence-electron chi connectivity index (χ4n) is 0.737. The number of carboxylic acids is 2. The van der Waals surface area contributed by atoms with Crippen molar-refractivity contribution < 1.29 is 24.0 Å². The van der Waals surface area contributed by atoms with Crippen LogP contribution in [0.3, 0.4) is 0 Å². The van der Waals surface area contributed by atoms with Crippen molar-refractivity contribution in [1.29, 1.82) is 0 Å². The Morgan fingerprint density at radius 2 is 1.60 bits per heavy atom. The molecule has 0 radical (unpaired) electrons. The van der Waals surface area contributed by atoms with E-state index in [0.29, 0.717) is 0 Å². The van der Waals surface area contributed by atoms with E-state index >= 15 is 0 Å². The van der Waals surface area contributed by atoms with Crippen molar-refractivity contribution >= 4 is 22.7 Å². The van der Waals surface area contributed by atoms with E-state index in [1.807, 2.05) is 0 Å². The zero-order chi connectivity index (χ0) is 12.0. The van der Waals surface area contributed by atoms with Crippen LogP contribution in [0, 0.1) is 0 Å². The molecule has 3 atom stereocenters. The highest BCUT2D eigenvalue weighted by Crippen LogP contribution is 1.95. The quantitative estimate of drug-likeness (QED) is 0.399. The van der Waals surface area contributed by atoms with Crippen LogP contribution in [0.5, 0.6) is 0 Å². The van der Waals surface area contributed by atoms with Crippen molar-refractivity contribution in [3.63, 3.8) is 0 Å². The van der Waals surface area contributed by atoms with Crippen molar-refractivity contribution in [1.82, 2.24) is 0 Å². The number of nitrogens with two attached hydrogens (primary N) is 2. The molecule has 15 heavy (non-hydrogen) atoms. The summed E-state index contributed by atoms with van der Waals surface area (Å²) < 4.78 is 11.2. The molecular formula is C7H14N2O5S. The van der Waals surface area contributed by atoms with Crippen LogP contribution in [0.1, 0.15) is 6.42 Å². The maximum absolute atomic E-state index is 11.2. The predicted molar refractivity (Wildman–Crippen MR) is 53.7 cm³/mol. The molecule has 0 saturated heterocycles. The summed E-state index contributed by atoms with van der Waals surface area (Å²) in [6, 6.07) is -2.26. The lowest BCUT2D eigenvalue weighted by Gasteiger charge is -2.08. The van der Waals surface area contributed by atoms with Crippen LogP contribution in [0.2, 0.25) is 0 Å². The molecular weight excluding hydrogens is 224 g/mol. The summed E-state index contributed by atoms with van der Waals surface area (Å²) in [5.41, 5.74) is 10.3. The van der Waals surface area contributed by atoms with Gasteiger partial charge in [-0.25, -0.2) is 0 Å². The van der Waals surface area contributed by atoms with Gasteiger partial charge in [0.25, 0.3) is 0 Å². The van der Waals surface area contributed by atoms with Gasteiger partial charge in [-0.15, -0.1) is 0 Å². The van der Waals surface area contributed by atoms with E-state index in [9.17, 15) is 13.8 Å². The molecule has 0 amide bonds. The predicted octanol–water partition coefficient (Wildman–Crippen LogP) is -2.05. The van der Waals surface area contributed by atoms with Gasteiger partial charge in [0.1, 0.15) is 12.1 Å². The Morgan fingerprint density at radius 1 is 1.13 bits per heavy atom. The molecule has 8 heteroatoms. The van der Waals surface area contributed by atoms with Crippen LogP contribution in [0.25, 0.3) is 0 Å². The van der Waals surface area contributed by atoms with Gasteiger partial charge < -0.3 is 21.7 Å². The third kappa shape index (κ3) is 6.15. The SMILES string of the molecule is N[C@H](C[S@](=O)CC[C@H](N)C(=O)O)C(=O)O. The molecule has 0 aromatic carbocycles. The molecule has 0 bridgehead atoms. The van der Waals surface area contributed by atoms with Gasteiger partial charge in [-0.3, -0.25) is 13.8 Å². The Bertz CT molecular complexity index is 270. The summed E-state index contributed by atoms with van der Waals surface area (Å²) in [7, 11) is -1.46. The van der Waals surface area contributed by atoms with Crippen molar-refractivity contribution in [2.24, 2.45) is 11.5 Å². The molecule has 0 aliphatic heterocycles. The van der Waals surface area contributed by atoms with E-state index in [0.717, 1.165) is 0 Å². The van der Waals surface area contributed by atoms with Crippen LogP contribution < -0.4 is 11.5 Å². The van der Waals surface area contributed by atoms with Crippen LogP contribution in [-0.2, 0) is 20.4 Å². The second-order valence-corrected chi connectivity index (χ2v) is 4.61. The standard InChI is InChI=1S/C7H14N2O5S/c8-4(6(10)11)1-2-15(14)3-5(9)7(12)13/h4-5H,1-3,8-9H2,(H,10,11)(H,12,13)/t4-,5+,15+/m0/s1. The zero-order valence-corrected chi connectivity index (χ0v) is 8.77. The lowest BCUT2D eigenvalue weighted by atomic mass is 10.2. The average molecular weight is 238 g/mol. The molecule has 0 aromatic rings. The van der Waals surface area contributed by atoms with Gasteiger partial charge in [-0.2, -0.15) is 0 Å². The first-order chi connectivity index (χ1) is 6.84. The second kappa shape index (κ2) is 6.49. The molecule has 0 saturated carbocycles. The minimum atomic E-state index is -1.46. The number of carboxylic acid groups (broad SMARTS) is 2. The number of rotatable bonds is 7. The number of aliphatic carboxylic acids is 2. The molecule has 0 aliphatic carbocycles. The second-order valence-electron chi connectivity index (χ2n) is 2.99. The maximum Gasteiger partial charge on any atom is 0.321 e. The zero-order valence-electron chi connectivity index (χ0n) is 7.96. The average Bonchev–Trinajstić information content (AvgIpc) is 2.13. The van der Waals surface area contributed by atoms with Gasteiger partial charge >= 0.3 is 11.9 Å². The van der Waals surface area contributed by atoms with Crippen molar-refractivity contribution in [2.75, 3.05) is 11.5 Å². The Kier molecular flexibility index (Phi) is 6.06. The van der Waals surface area contributed by atoms with Crippen LogP contribution in [0.4, 0.5) is 0 Å². The molecule has 7 nitrogen and oxygen atoms in total. The molecule has 0 aromatic heterocycles. The molecule has 0 spiro atoms. The van der Waals surface area contributed by atoms with Gasteiger partial charge in [0, 0.05) is 22.3 Å². The first-order valence-corrected chi connectivity index (χ1v) is 5.65. The van der Waals surface area contributed by atoms with Crippen molar-refractivity contribution in [2.45, 2.75) is 18.5 Å². The summed E-state index contributed by atoms with van der Waals surface area (Å²) in [6.45, 7) is 0. The molecule has 0 rings (SSSR count). The fourth-order valence-corrected chi connectivity index (χ4v) is 1.96. The highest BCUT2D eigenvalue weighted by molar-refractivity contribution is 7.85. The van der Waals surface area contributed by atoms with Crippen molar-refractivity contribution in [3.8, 4) is 0 Å². The monoisotopic (exact) mass is 238 g/mol. The lowest BCUT2D eigenvalue weighted by Crippen LogP contribution is -2.37. The topological polar surface area (TPSA) is 144 Å². The third-order valence-corrected chi connectivity index (χ3v) is 3.08. The van der Waals surface area contributed by atoms with E-state index in [1.54, 1.807) is 0 Å². The van der Waals surface area contributed by atoms with Gasteiger partial charge in [0.2, 0.25) is 0 Å². The van der Waals surface area contributed by atoms with E-state index in [1.165, 1.54) is 0 Å². The van der Waals surface area contributed by atoms with Gasteiger partial charge in [-0.05, 0) is 6.42 Å². The smallest absolute Gasteiger partial charge is 0.321 e. The van der Waals surface area contributed by atoms with Crippen LogP contribution >= 0.6 is 0 Å². The molecule has 0 heterocycles. The fraction of sp³-hybridized carbons (Fsp3) is 0.714. The lowest BCUT2D eigenvalue weighted by molar-refractivity contribution is -0.139. The molecule has 0 aliphatic rings. The summed E-state index contributed by atoms with van der Waals surface area (Å²) in [4.78, 5) is 20.6. The summed E-state index contributed by atoms with van der Waals surface area (Å²) in [6.07, 6.45) is 0.0360. The van der Waals surface area contributed by atoms with Crippen LogP contribution in [0.15, 0.2) is 0 Å². The van der Waals surface area contributed by atoms with E-state index in [4.69, 9.17) is 21.7 Å². The first kappa shape index (κ1) is 14.0. The minimum absolute atomic E-state index is 0.0360. The first-order valence-electron chi connectivity index (χ1n) is 4.16. The van der Waals surface area contributed by atoms with E-state index in [-0.39, 0.29) is 17.9 Å². The van der Waals surface area contributed by atoms with E-state index in [2.05, 4.69) is 0 Å². The Balaban J connectivity index is 3.85. The number of carbonyl (C=O) groups is 2. The van der Waals surface area contributed by atoms with E-state index < -0.39 is 34.8 Å².